The SMILES string of the molecule is Cc1c(C=Nc2sc3c(c2C(=O)Nc2ccc(Cl)cc2)CC[C@@H](C(C)(C)C)C3)c2ccccc2n1Cc1ccccc1F. The number of anilines is 1. The van der Waals surface area contributed by atoms with E-state index in [-0.39, 0.29) is 17.1 Å². The van der Waals surface area contributed by atoms with Crippen molar-refractivity contribution in [3.05, 3.63) is 116 Å². The predicted octanol–water partition coefficient (Wildman–Crippen LogP) is 10.0. The molecule has 0 aliphatic heterocycles. The number of hydrogen-bond donors (Lipinski definition) is 1. The van der Waals surface area contributed by atoms with Crippen LogP contribution in [0, 0.1) is 24.1 Å². The number of carbonyl (C=O) groups is 1. The molecule has 2 aromatic heterocycles. The molecule has 0 radical (unpaired) electrons. The minimum Gasteiger partial charge on any atom is -0.340 e. The van der Waals surface area contributed by atoms with Crippen molar-refractivity contribution in [2.45, 2.75) is 53.5 Å². The molecule has 220 valence electrons. The number of amides is 1. The number of nitrogens with zero attached hydrogens (tertiary/aromatic N) is 2. The van der Waals surface area contributed by atoms with Gasteiger partial charge in [0.2, 0.25) is 0 Å². The number of hydrogen-bond acceptors (Lipinski definition) is 3. The highest BCUT2D eigenvalue weighted by molar-refractivity contribution is 7.16. The second-order valence-electron chi connectivity index (χ2n) is 12.4. The third-order valence-corrected chi connectivity index (χ3v) is 10.1. The summed E-state index contributed by atoms with van der Waals surface area (Å²) in [5.41, 5.74) is 6.27. The van der Waals surface area contributed by atoms with Gasteiger partial charge in [0.05, 0.1) is 12.1 Å². The van der Waals surface area contributed by atoms with Gasteiger partial charge in [-0.25, -0.2) is 9.38 Å². The van der Waals surface area contributed by atoms with Crippen LogP contribution in [0.5, 0.6) is 0 Å². The van der Waals surface area contributed by atoms with Crippen molar-refractivity contribution in [1.82, 2.24) is 4.57 Å². The molecule has 0 saturated carbocycles. The van der Waals surface area contributed by atoms with Crippen LogP contribution in [0.4, 0.5) is 15.1 Å². The van der Waals surface area contributed by atoms with Crippen molar-refractivity contribution in [3.8, 4) is 0 Å². The van der Waals surface area contributed by atoms with Gasteiger partial charge in [-0.3, -0.25) is 4.79 Å². The van der Waals surface area contributed by atoms with Crippen LogP contribution in [-0.2, 0) is 19.4 Å². The smallest absolute Gasteiger partial charge is 0.259 e. The maximum absolute atomic E-state index is 14.6. The maximum Gasteiger partial charge on any atom is 0.259 e. The molecule has 0 fully saturated rings. The third-order valence-electron chi connectivity index (χ3n) is 8.68. The zero-order valence-electron chi connectivity index (χ0n) is 24.9. The number of halogens is 2. The van der Waals surface area contributed by atoms with Gasteiger partial charge >= 0.3 is 0 Å². The topological polar surface area (TPSA) is 46.4 Å². The van der Waals surface area contributed by atoms with Gasteiger partial charge in [0.15, 0.2) is 0 Å². The zero-order chi connectivity index (χ0) is 30.3. The van der Waals surface area contributed by atoms with Crippen molar-refractivity contribution in [2.24, 2.45) is 16.3 Å². The van der Waals surface area contributed by atoms with Crippen molar-refractivity contribution in [1.29, 1.82) is 0 Å². The van der Waals surface area contributed by atoms with Gasteiger partial charge in [-0.15, -0.1) is 11.3 Å². The fraction of sp³-hybridized carbons (Fsp3) is 0.278. The first-order valence-electron chi connectivity index (χ1n) is 14.7. The second kappa shape index (κ2) is 11.7. The standard InChI is InChI=1S/C36H35ClFN3OS/c1-22-29(27-10-6-8-12-31(27)41(22)21-23-9-5-7-11-30(23)38)20-39-35-33(34(42)40-26-16-14-25(37)15-17-26)28-18-13-24(36(2,3)4)19-32(28)43-35/h5-12,14-17,20,24H,13,18-19,21H2,1-4H3,(H,40,42)/t24-/m1/s1. The molecule has 4 nitrogen and oxygen atoms in total. The highest BCUT2D eigenvalue weighted by Crippen LogP contribution is 2.45. The van der Waals surface area contributed by atoms with E-state index >= 15 is 0 Å². The quantitative estimate of drug-likeness (QED) is 0.191. The summed E-state index contributed by atoms with van der Waals surface area (Å²) < 4.78 is 16.7. The Bertz CT molecular complexity index is 1850. The lowest BCUT2D eigenvalue weighted by Crippen LogP contribution is -2.27. The molecule has 1 amide bonds. The minimum atomic E-state index is -0.219. The van der Waals surface area contributed by atoms with E-state index in [1.807, 2.05) is 49.5 Å². The Kier molecular flexibility index (Phi) is 8.01. The van der Waals surface area contributed by atoms with Crippen LogP contribution in [0.15, 0.2) is 77.8 Å². The summed E-state index contributed by atoms with van der Waals surface area (Å²) >= 11 is 7.70. The Hall–Kier alpha value is -3.74. The van der Waals surface area contributed by atoms with E-state index in [0.29, 0.717) is 34.3 Å². The highest BCUT2D eigenvalue weighted by atomic mass is 35.5. The fourth-order valence-corrected chi connectivity index (χ4v) is 7.50. The summed E-state index contributed by atoms with van der Waals surface area (Å²) in [6.07, 6.45) is 4.72. The van der Waals surface area contributed by atoms with Crippen LogP contribution >= 0.6 is 22.9 Å². The highest BCUT2D eigenvalue weighted by Gasteiger charge is 2.33. The van der Waals surface area contributed by atoms with Gasteiger partial charge in [0.1, 0.15) is 10.8 Å². The van der Waals surface area contributed by atoms with Crippen LogP contribution in [0.25, 0.3) is 10.9 Å². The average Bonchev–Trinajstić information content (AvgIpc) is 3.48. The van der Waals surface area contributed by atoms with E-state index in [1.54, 1.807) is 29.5 Å². The maximum atomic E-state index is 14.6. The zero-order valence-corrected chi connectivity index (χ0v) is 26.5. The molecule has 0 spiro atoms. The molecule has 1 atom stereocenters. The third kappa shape index (κ3) is 5.91. The number of thiophene rings is 1. The van der Waals surface area contributed by atoms with E-state index in [1.165, 1.54) is 10.9 Å². The van der Waals surface area contributed by atoms with E-state index in [0.717, 1.165) is 52.0 Å². The van der Waals surface area contributed by atoms with E-state index < -0.39 is 0 Å². The van der Waals surface area contributed by atoms with Crippen molar-refractivity contribution >= 4 is 56.7 Å². The van der Waals surface area contributed by atoms with E-state index in [4.69, 9.17) is 16.6 Å². The largest absolute Gasteiger partial charge is 0.340 e. The van der Waals surface area contributed by atoms with E-state index in [2.05, 4.69) is 42.8 Å². The van der Waals surface area contributed by atoms with Gasteiger partial charge in [0.25, 0.3) is 5.91 Å². The summed E-state index contributed by atoms with van der Waals surface area (Å²) in [5.74, 6) is 0.171. The van der Waals surface area contributed by atoms with Crippen molar-refractivity contribution < 1.29 is 9.18 Å². The number of aromatic nitrogens is 1. The molecule has 43 heavy (non-hydrogen) atoms. The second-order valence-corrected chi connectivity index (χ2v) is 13.9. The van der Waals surface area contributed by atoms with Gasteiger partial charge in [-0.2, -0.15) is 0 Å². The van der Waals surface area contributed by atoms with Gasteiger partial charge in [0, 0.05) is 49.5 Å². The molecule has 0 saturated heterocycles. The van der Waals surface area contributed by atoms with E-state index in [9.17, 15) is 9.18 Å². The van der Waals surface area contributed by atoms with Crippen LogP contribution in [0.2, 0.25) is 5.02 Å². The lowest BCUT2D eigenvalue weighted by molar-refractivity contribution is 0.102. The Morgan fingerprint density at radius 3 is 2.56 bits per heavy atom. The number of carbonyl (C=O) groups excluding carboxylic acids is 1. The predicted molar refractivity (Wildman–Crippen MR) is 178 cm³/mol. The molecule has 7 heteroatoms. The van der Waals surface area contributed by atoms with Gasteiger partial charge in [-0.1, -0.05) is 68.8 Å². The summed E-state index contributed by atoms with van der Waals surface area (Å²) in [4.78, 5) is 20.1. The van der Waals surface area contributed by atoms with Crippen LogP contribution < -0.4 is 5.32 Å². The molecule has 1 N–H and O–H groups in total. The van der Waals surface area contributed by atoms with Gasteiger partial charge in [-0.05, 0) is 79.5 Å². The first-order chi connectivity index (χ1) is 20.6. The molecule has 3 aromatic carbocycles. The number of aliphatic imine (C=N–C) groups is 1. The number of rotatable bonds is 6. The summed E-state index contributed by atoms with van der Waals surface area (Å²) in [7, 11) is 0. The molecule has 1 aliphatic carbocycles. The van der Waals surface area contributed by atoms with Crippen molar-refractivity contribution in [2.75, 3.05) is 5.32 Å². The molecular weight excluding hydrogens is 577 g/mol. The van der Waals surface area contributed by atoms with Crippen LogP contribution in [0.1, 0.15) is 64.8 Å². The average molecular weight is 612 g/mol. The first kappa shape index (κ1) is 29.3. The first-order valence-corrected chi connectivity index (χ1v) is 15.9. The minimum absolute atomic E-state index is 0.153. The number of nitrogens with one attached hydrogen (secondary N) is 1. The fourth-order valence-electron chi connectivity index (χ4n) is 6.11. The number of para-hydroxylation sites is 1. The molecule has 0 unspecified atom stereocenters. The summed E-state index contributed by atoms with van der Waals surface area (Å²) in [6.45, 7) is 9.35. The molecule has 2 heterocycles. The Morgan fingerprint density at radius 2 is 1.81 bits per heavy atom. The normalized spacial score (nSPS) is 15.3. The molecular formula is C36H35ClFN3OS. The van der Waals surface area contributed by atoms with Gasteiger partial charge < -0.3 is 9.88 Å². The molecule has 5 aromatic rings. The Balaban J connectivity index is 1.41. The molecule has 0 bridgehead atoms. The monoisotopic (exact) mass is 611 g/mol. The lowest BCUT2D eigenvalue weighted by Gasteiger charge is -2.33. The molecule has 6 rings (SSSR count). The Morgan fingerprint density at radius 1 is 1.09 bits per heavy atom. The number of benzene rings is 3. The summed E-state index contributed by atoms with van der Waals surface area (Å²) in [6, 6.07) is 22.2. The van der Waals surface area contributed by atoms with Crippen molar-refractivity contribution in [3.63, 3.8) is 0 Å². The summed E-state index contributed by atoms with van der Waals surface area (Å²) in [5, 5.41) is 5.46. The molecule has 1 aliphatic rings. The lowest BCUT2D eigenvalue weighted by atomic mass is 9.72. The number of fused-ring (bicyclic) bond motifs is 2. The van der Waals surface area contributed by atoms with Crippen LogP contribution in [-0.4, -0.2) is 16.7 Å². The Labute approximate surface area is 261 Å². The van der Waals surface area contributed by atoms with Crippen LogP contribution in [0.3, 0.4) is 0 Å².